The van der Waals surface area contributed by atoms with Crippen molar-refractivity contribution in [2.75, 3.05) is 6.61 Å². The molecule has 1 saturated heterocycles. The lowest BCUT2D eigenvalue weighted by atomic mass is 10.1. The zero-order valence-corrected chi connectivity index (χ0v) is 17.9. The number of primary amides is 1. The van der Waals surface area contributed by atoms with Crippen LogP contribution in [0.4, 0.5) is 4.79 Å². The van der Waals surface area contributed by atoms with E-state index in [-0.39, 0.29) is 23.4 Å². The van der Waals surface area contributed by atoms with Crippen molar-refractivity contribution in [3.63, 3.8) is 0 Å². The summed E-state index contributed by atoms with van der Waals surface area (Å²) in [5.74, 6) is -0.678. The Balaban J connectivity index is 2.78. The Kier molecular flexibility index (Phi) is 7.27. The summed E-state index contributed by atoms with van der Waals surface area (Å²) < 4.78 is 23.3. The second kappa shape index (κ2) is 8.20. The van der Waals surface area contributed by atoms with Crippen molar-refractivity contribution < 1.29 is 23.4 Å². The molecule has 1 heterocycles. The fourth-order valence-electron chi connectivity index (χ4n) is 2.30. The van der Waals surface area contributed by atoms with E-state index in [1.54, 1.807) is 6.08 Å². The molecule has 0 unspecified atom stereocenters. The quantitative estimate of drug-likeness (QED) is 0.540. The smallest absolute Gasteiger partial charge is 0.405 e. The number of hydrogen-bond acceptors (Lipinski definition) is 5. The van der Waals surface area contributed by atoms with Gasteiger partial charge >= 0.3 is 6.09 Å². The van der Waals surface area contributed by atoms with E-state index in [0.717, 1.165) is 0 Å². The summed E-state index contributed by atoms with van der Waals surface area (Å²) in [5, 5.41) is 0.135. The van der Waals surface area contributed by atoms with E-state index >= 15 is 0 Å². The van der Waals surface area contributed by atoms with Crippen molar-refractivity contribution in [1.29, 1.82) is 0 Å². The van der Waals surface area contributed by atoms with E-state index in [0.29, 0.717) is 13.0 Å². The lowest BCUT2D eigenvalue weighted by Gasteiger charge is -2.37. The van der Waals surface area contributed by atoms with Crippen LogP contribution in [0.2, 0.25) is 18.1 Å². The van der Waals surface area contributed by atoms with Crippen LogP contribution in [-0.2, 0) is 18.6 Å². The fraction of sp³-hybridized carbons (Fsp3) is 0.833. The minimum atomic E-state index is -1.87. The highest BCUT2D eigenvalue weighted by molar-refractivity contribution is 6.74. The van der Waals surface area contributed by atoms with Crippen molar-refractivity contribution in [2.45, 2.75) is 90.2 Å². The van der Waals surface area contributed by atoms with Crippen molar-refractivity contribution in [3.8, 4) is 0 Å². The van der Waals surface area contributed by atoms with Gasteiger partial charge in [-0.25, -0.2) is 4.79 Å². The molecule has 1 rings (SSSR count). The van der Waals surface area contributed by atoms with Crippen LogP contribution in [0, 0.1) is 0 Å². The zero-order valence-electron chi connectivity index (χ0n) is 16.9. The van der Waals surface area contributed by atoms with E-state index in [4.69, 9.17) is 24.4 Å². The molecule has 0 aromatic rings. The predicted octanol–water partition coefficient (Wildman–Crippen LogP) is 3.96. The highest BCUT2D eigenvalue weighted by atomic mass is 28.4. The van der Waals surface area contributed by atoms with Crippen molar-refractivity contribution >= 4 is 14.4 Å². The van der Waals surface area contributed by atoms with Gasteiger partial charge in [-0.3, -0.25) is 0 Å². The number of rotatable bonds is 7. The van der Waals surface area contributed by atoms with Crippen molar-refractivity contribution in [2.24, 2.45) is 5.73 Å². The molecule has 0 spiro atoms. The minimum Gasteiger partial charge on any atom is -0.442 e. The molecule has 146 valence electrons. The van der Waals surface area contributed by atoms with Gasteiger partial charge in [0, 0.05) is 0 Å². The first-order chi connectivity index (χ1) is 11.3. The van der Waals surface area contributed by atoms with Gasteiger partial charge in [-0.2, -0.15) is 0 Å². The van der Waals surface area contributed by atoms with Gasteiger partial charge in [-0.1, -0.05) is 33.8 Å². The molecule has 0 saturated carbocycles. The molecule has 0 bridgehead atoms. The highest BCUT2D eigenvalue weighted by Gasteiger charge is 2.43. The van der Waals surface area contributed by atoms with Crippen molar-refractivity contribution in [3.05, 3.63) is 12.2 Å². The van der Waals surface area contributed by atoms with Crippen molar-refractivity contribution in [1.82, 2.24) is 0 Å². The molecule has 25 heavy (non-hydrogen) atoms. The van der Waals surface area contributed by atoms with Gasteiger partial charge in [0.25, 0.3) is 0 Å². The molecule has 0 aliphatic carbocycles. The Hall–Kier alpha value is -0.893. The molecule has 6 nitrogen and oxygen atoms in total. The van der Waals surface area contributed by atoms with Crippen LogP contribution >= 0.6 is 0 Å². The molecule has 0 aromatic carbocycles. The maximum Gasteiger partial charge on any atom is 0.405 e. The molecule has 7 heteroatoms. The lowest BCUT2D eigenvalue weighted by Crippen LogP contribution is -2.43. The van der Waals surface area contributed by atoms with E-state index in [1.807, 2.05) is 26.8 Å². The number of nitrogens with two attached hydrogens (primary N) is 1. The van der Waals surface area contributed by atoms with Crippen LogP contribution in [0.15, 0.2) is 12.2 Å². The third-order valence-electron chi connectivity index (χ3n) is 4.82. The summed E-state index contributed by atoms with van der Waals surface area (Å²) in [6, 6.07) is 0. The lowest BCUT2D eigenvalue weighted by molar-refractivity contribution is -0.145. The summed E-state index contributed by atoms with van der Waals surface area (Å²) in [4.78, 5) is 10.9. The van der Waals surface area contributed by atoms with Crippen LogP contribution in [-0.4, -0.2) is 45.1 Å². The van der Waals surface area contributed by atoms with Crippen LogP contribution in [0.5, 0.6) is 0 Å². The number of ether oxygens (including phenoxy) is 3. The van der Waals surface area contributed by atoms with Gasteiger partial charge in [0.1, 0.15) is 18.3 Å². The van der Waals surface area contributed by atoms with Gasteiger partial charge < -0.3 is 24.4 Å². The van der Waals surface area contributed by atoms with Crippen LogP contribution in [0.25, 0.3) is 0 Å². The Labute approximate surface area is 153 Å². The van der Waals surface area contributed by atoms with E-state index in [1.165, 1.54) is 0 Å². The standard InChI is InChI=1S/C18H35NO5Si/c1-9-13(22-16(19)20)10-11-14-15(24-18(5,6)23-14)12-21-25(7,8)17(2,3)4/h10-11,13-15H,9,12H2,1-8H3,(H2,19,20)/b11-10+/t13-,14+,15+/m1/s1. The average Bonchev–Trinajstić information content (AvgIpc) is 2.74. The van der Waals surface area contributed by atoms with Gasteiger partial charge in [-0.05, 0) is 44.5 Å². The normalized spacial score (nSPS) is 25.3. The molecule has 0 aromatic heterocycles. The second-order valence-corrected chi connectivity index (χ2v) is 13.3. The molecule has 1 aliphatic rings. The van der Waals surface area contributed by atoms with E-state index in [9.17, 15) is 4.79 Å². The van der Waals surface area contributed by atoms with Crippen LogP contribution < -0.4 is 5.73 Å². The van der Waals surface area contributed by atoms with Gasteiger partial charge in [0.05, 0.1) is 6.61 Å². The first-order valence-electron chi connectivity index (χ1n) is 8.91. The van der Waals surface area contributed by atoms with Crippen LogP contribution in [0.3, 0.4) is 0 Å². The third-order valence-corrected chi connectivity index (χ3v) is 9.32. The highest BCUT2D eigenvalue weighted by Crippen LogP contribution is 2.38. The molecule has 3 atom stereocenters. The largest absolute Gasteiger partial charge is 0.442 e. The number of carbonyl (C=O) groups is 1. The number of carbonyl (C=O) groups excluding carboxylic acids is 1. The van der Waals surface area contributed by atoms with E-state index in [2.05, 4.69) is 33.9 Å². The predicted molar refractivity (Wildman–Crippen MR) is 101 cm³/mol. The minimum absolute atomic E-state index is 0.135. The number of hydrogen-bond donors (Lipinski definition) is 1. The summed E-state index contributed by atoms with van der Waals surface area (Å²) in [6.45, 7) is 17.2. The Bertz CT molecular complexity index is 484. The summed E-state index contributed by atoms with van der Waals surface area (Å²) in [5.41, 5.74) is 5.09. The first kappa shape index (κ1) is 22.1. The van der Waals surface area contributed by atoms with Gasteiger partial charge in [-0.15, -0.1) is 0 Å². The third kappa shape index (κ3) is 6.73. The van der Waals surface area contributed by atoms with Gasteiger partial charge in [0.15, 0.2) is 14.1 Å². The molecule has 0 radical (unpaired) electrons. The monoisotopic (exact) mass is 373 g/mol. The topological polar surface area (TPSA) is 80.0 Å². The van der Waals surface area contributed by atoms with Gasteiger partial charge in [0.2, 0.25) is 0 Å². The zero-order chi connectivity index (χ0) is 19.5. The molecule has 1 amide bonds. The molecular formula is C18H35NO5Si. The molecule has 2 N–H and O–H groups in total. The summed E-state index contributed by atoms with van der Waals surface area (Å²) >= 11 is 0. The summed E-state index contributed by atoms with van der Waals surface area (Å²) in [7, 11) is -1.87. The maximum absolute atomic E-state index is 10.9. The summed E-state index contributed by atoms with van der Waals surface area (Å²) in [6.07, 6.45) is 2.72. The Morgan fingerprint density at radius 3 is 2.40 bits per heavy atom. The average molecular weight is 374 g/mol. The Morgan fingerprint density at radius 1 is 1.32 bits per heavy atom. The van der Waals surface area contributed by atoms with Crippen LogP contribution in [0.1, 0.15) is 48.0 Å². The molecule has 1 aliphatic heterocycles. The SMILES string of the molecule is CC[C@H](/C=C/[C@@H]1OC(C)(C)O[C@H]1CO[Si](C)(C)C(C)(C)C)OC(N)=O. The molecular weight excluding hydrogens is 338 g/mol. The second-order valence-electron chi connectivity index (χ2n) is 8.48. The molecule has 1 fully saturated rings. The Morgan fingerprint density at radius 2 is 1.92 bits per heavy atom. The number of amides is 1. The fourth-order valence-corrected chi connectivity index (χ4v) is 3.32. The maximum atomic E-state index is 10.9. The van der Waals surface area contributed by atoms with E-state index < -0.39 is 20.2 Å². The first-order valence-corrected chi connectivity index (χ1v) is 11.8.